The zero-order valence-electron chi connectivity index (χ0n) is 17.7. The van der Waals surface area contributed by atoms with Crippen LogP contribution in [0.2, 0.25) is 0 Å². The minimum absolute atomic E-state index is 0.163. The number of amides is 1. The SMILES string of the molecule is BC(B)(B)N1C(=N)N[C@](C)(c2cc(NC(=O)c3cnc(O)cn3)cc(F)c2F)CS1(=O)=O. The molecule has 1 amide bonds. The standard InChI is InChI=1S/C16H19B3F2N6O4S/c1-15(6-32(30,31)27(14(22)26-15)16(17,18)19)8-2-7(3-9(20)12(8)21)25-13(29)10-4-24-11(28)5-23-10/h2-5H,6,17-19H2,1H3,(H2,22,26)(H,24,28)(H,25,29)/t15-/m0/s1. The summed E-state index contributed by atoms with van der Waals surface area (Å²) in [4.78, 5) is 19.5. The predicted molar refractivity (Wildman–Crippen MR) is 120 cm³/mol. The van der Waals surface area contributed by atoms with Crippen LogP contribution in [-0.4, -0.2) is 74.2 Å². The zero-order chi connectivity index (χ0) is 24.1. The molecule has 1 fully saturated rings. The van der Waals surface area contributed by atoms with E-state index < -0.39 is 55.9 Å². The van der Waals surface area contributed by atoms with E-state index in [1.165, 1.54) is 6.92 Å². The number of rotatable bonds is 4. The van der Waals surface area contributed by atoms with Crippen LogP contribution in [0.1, 0.15) is 23.0 Å². The lowest BCUT2D eigenvalue weighted by Gasteiger charge is -2.47. The summed E-state index contributed by atoms with van der Waals surface area (Å²) in [5, 5.41) is 21.4. The molecule has 0 spiro atoms. The molecule has 1 aliphatic heterocycles. The topological polar surface area (TPSA) is 148 Å². The van der Waals surface area contributed by atoms with E-state index in [2.05, 4.69) is 20.6 Å². The summed E-state index contributed by atoms with van der Waals surface area (Å²) in [6.45, 7) is 1.33. The van der Waals surface area contributed by atoms with Gasteiger partial charge < -0.3 is 15.7 Å². The highest BCUT2D eigenvalue weighted by Gasteiger charge is 2.48. The Kier molecular flexibility index (Phi) is 5.70. The predicted octanol–water partition coefficient (Wildman–Crippen LogP) is -2.39. The Balaban J connectivity index is 1.99. The van der Waals surface area contributed by atoms with E-state index in [1.54, 1.807) is 23.5 Å². The Bertz CT molecular complexity index is 1210. The summed E-state index contributed by atoms with van der Waals surface area (Å²) in [6.07, 6.45) is 1.93. The van der Waals surface area contributed by atoms with Crippen molar-refractivity contribution in [1.29, 1.82) is 5.41 Å². The number of aromatic hydroxyl groups is 1. The normalized spacial score (nSPS) is 20.5. The number of halogens is 2. The highest BCUT2D eigenvalue weighted by molar-refractivity contribution is 7.90. The molecule has 1 atom stereocenters. The number of carbonyl (C=O) groups excluding carboxylic acids is 1. The first-order chi connectivity index (χ1) is 14.6. The van der Waals surface area contributed by atoms with Gasteiger partial charge in [0, 0.05) is 17.3 Å². The molecule has 3 rings (SSSR count). The molecular formula is C16H19B3F2N6O4S. The van der Waals surface area contributed by atoms with Crippen LogP contribution in [0.5, 0.6) is 5.88 Å². The molecular weight excluding hydrogens is 443 g/mol. The molecule has 2 heterocycles. The number of aromatic nitrogens is 2. The summed E-state index contributed by atoms with van der Waals surface area (Å²) in [6, 6.07) is 1.82. The number of carbonyl (C=O) groups is 1. The van der Waals surface area contributed by atoms with Crippen molar-refractivity contribution in [2.45, 2.75) is 17.7 Å². The molecule has 2 aromatic rings. The fourth-order valence-electron chi connectivity index (χ4n) is 3.51. The largest absolute Gasteiger partial charge is 0.492 e. The molecule has 0 saturated carbocycles. The lowest BCUT2D eigenvalue weighted by molar-refractivity contribution is 0.102. The van der Waals surface area contributed by atoms with Crippen molar-refractivity contribution in [3.8, 4) is 5.88 Å². The van der Waals surface area contributed by atoms with Crippen LogP contribution in [0, 0.1) is 17.0 Å². The minimum Gasteiger partial charge on any atom is -0.492 e. The zero-order valence-corrected chi connectivity index (χ0v) is 18.5. The number of anilines is 1. The number of guanidine groups is 1. The van der Waals surface area contributed by atoms with E-state index >= 15 is 0 Å². The minimum atomic E-state index is -4.07. The van der Waals surface area contributed by atoms with E-state index in [-0.39, 0.29) is 16.9 Å². The van der Waals surface area contributed by atoms with E-state index in [0.717, 1.165) is 28.8 Å². The number of benzene rings is 1. The second-order valence-corrected chi connectivity index (χ2v) is 10.3. The van der Waals surface area contributed by atoms with Gasteiger partial charge in [0.1, 0.15) is 29.2 Å². The van der Waals surface area contributed by atoms with Crippen LogP contribution < -0.4 is 10.6 Å². The van der Waals surface area contributed by atoms with E-state index in [1.807, 2.05) is 0 Å². The summed E-state index contributed by atoms with van der Waals surface area (Å²) < 4.78 is 55.9. The van der Waals surface area contributed by atoms with Crippen LogP contribution in [0.15, 0.2) is 24.5 Å². The third kappa shape index (κ3) is 4.40. The van der Waals surface area contributed by atoms with Gasteiger partial charge in [-0.2, -0.15) is 0 Å². The van der Waals surface area contributed by atoms with Gasteiger partial charge in [0.2, 0.25) is 21.9 Å². The molecule has 32 heavy (non-hydrogen) atoms. The molecule has 0 radical (unpaired) electrons. The van der Waals surface area contributed by atoms with E-state index in [4.69, 9.17) is 10.5 Å². The molecule has 1 saturated heterocycles. The maximum atomic E-state index is 14.8. The number of nitrogens with zero attached hydrogens (tertiary/aromatic N) is 3. The summed E-state index contributed by atoms with van der Waals surface area (Å²) in [5.41, 5.74) is -2.43. The van der Waals surface area contributed by atoms with Crippen LogP contribution in [-0.2, 0) is 15.6 Å². The lowest BCUT2D eigenvalue weighted by Crippen LogP contribution is -2.69. The van der Waals surface area contributed by atoms with Crippen molar-refractivity contribution >= 4 is 51.1 Å². The van der Waals surface area contributed by atoms with Crippen LogP contribution in [0.3, 0.4) is 0 Å². The molecule has 1 aromatic carbocycles. The van der Waals surface area contributed by atoms with Gasteiger partial charge in [-0.1, -0.05) is 0 Å². The number of nitrogens with one attached hydrogen (secondary N) is 3. The van der Waals surface area contributed by atoms with Crippen molar-refractivity contribution in [2.24, 2.45) is 0 Å². The van der Waals surface area contributed by atoms with E-state index in [9.17, 15) is 22.0 Å². The highest BCUT2D eigenvalue weighted by atomic mass is 32.2. The number of hydrogen-bond acceptors (Lipinski definition) is 7. The maximum Gasteiger partial charge on any atom is 0.275 e. The fourth-order valence-corrected chi connectivity index (χ4v) is 5.76. The third-order valence-corrected chi connectivity index (χ3v) is 6.94. The smallest absolute Gasteiger partial charge is 0.275 e. The highest BCUT2D eigenvalue weighted by Crippen LogP contribution is 2.34. The summed E-state index contributed by atoms with van der Waals surface area (Å²) in [7, 11) is 0.739. The second kappa shape index (κ2) is 7.76. The van der Waals surface area contributed by atoms with Crippen molar-refractivity contribution < 1.29 is 27.1 Å². The van der Waals surface area contributed by atoms with Gasteiger partial charge in [-0.15, -0.1) is 0 Å². The first-order valence-electron chi connectivity index (χ1n) is 9.36. The Hall–Kier alpha value is -3.16. The fraction of sp³-hybridized carbons (Fsp3) is 0.250. The summed E-state index contributed by atoms with van der Waals surface area (Å²) >= 11 is 0. The van der Waals surface area contributed by atoms with Gasteiger partial charge in [-0.25, -0.2) is 27.2 Å². The lowest BCUT2D eigenvalue weighted by atomic mass is 9.49. The van der Waals surface area contributed by atoms with Gasteiger partial charge in [0.15, 0.2) is 11.6 Å². The number of hydrogen-bond donors (Lipinski definition) is 4. The Morgan fingerprint density at radius 2 is 1.97 bits per heavy atom. The third-order valence-electron chi connectivity index (χ3n) is 4.71. The van der Waals surface area contributed by atoms with Crippen LogP contribution >= 0.6 is 0 Å². The molecule has 0 unspecified atom stereocenters. The summed E-state index contributed by atoms with van der Waals surface area (Å²) in [5.74, 6) is -4.98. The van der Waals surface area contributed by atoms with Gasteiger partial charge in [-0.3, -0.25) is 14.5 Å². The molecule has 166 valence electrons. The average Bonchev–Trinajstić information content (AvgIpc) is 2.61. The first-order valence-corrected chi connectivity index (χ1v) is 11.0. The Morgan fingerprint density at radius 3 is 2.50 bits per heavy atom. The Morgan fingerprint density at radius 1 is 1.31 bits per heavy atom. The maximum absolute atomic E-state index is 14.8. The van der Waals surface area contributed by atoms with Crippen molar-refractivity contribution in [1.82, 2.24) is 19.6 Å². The molecule has 10 nitrogen and oxygen atoms in total. The first kappa shape index (κ1) is 23.5. The second-order valence-electron chi connectivity index (χ2n) is 8.53. The molecule has 1 aliphatic rings. The molecule has 16 heteroatoms. The average molecular weight is 462 g/mol. The van der Waals surface area contributed by atoms with Crippen molar-refractivity contribution in [3.05, 3.63) is 47.4 Å². The quantitative estimate of drug-likeness (QED) is 0.371. The van der Waals surface area contributed by atoms with Gasteiger partial charge >= 0.3 is 0 Å². The number of sulfonamides is 1. The van der Waals surface area contributed by atoms with Gasteiger partial charge in [-0.05, 0) is 18.2 Å². The molecule has 0 bridgehead atoms. The van der Waals surface area contributed by atoms with E-state index in [0.29, 0.717) is 0 Å². The monoisotopic (exact) mass is 462 g/mol. The van der Waals surface area contributed by atoms with Gasteiger partial charge in [0.05, 0.1) is 23.7 Å². The van der Waals surface area contributed by atoms with Crippen LogP contribution in [0.4, 0.5) is 14.5 Å². The molecule has 0 aliphatic carbocycles. The Labute approximate surface area is 185 Å². The van der Waals surface area contributed by atoms with Crippen LogP contribution in [0.25, 0.3) is 0 Å². The molecule has 1 aromatic heterocycles. The van der Waals surface area contributed by atoms with Crippen molar-refractivity contribution in [3.63, 3.8) is 0 Å². The molecule has 4 N–H and O–H groups in total. The van der Waals surface area contributed by atoms with Gasteiger partial charge in [0.25, 0.3) is 5.91 Å². The van der Waals surface area contributed by atoms with Crippen molar-refractivity contribution in [2.75, 3.05) is 11.1 Å².